The molecule has 1 N–H and O–H groups in total. The first-order chi connectivity index (χ1) is 11.5. The van der Waals surface area contributed by atoms with Crippen LogP contribution in [0, 0.1) is 0 Å². The fourth-order valence-electron chi connectivity index (χ4n) is 3.09. The minimum Gasteiger partial charge on any atom is -0.378 e. The van der Waals surface area contributed by atoms with Crippen molar-refractivity contribution >= 4 is 46.0 Å². The molecule has 1 amide bonds. The van der Waals surface area contributed by atoms with E-state index in [4.69, 9.17) is 12.2 Å². The number of likely N-dealkylation sites (tertiary alicyclic amines) is 1. The minimum absolute atomic E-state index is 0.0553. The molecule has 2 saturated heterocycles. The van der Waals surface area contributed by atoms with Crippen LogP contribution in [0.1, 0.15) is 24.8 Å². The summed E-state index contributed by atoms with van der Waals surface area (Å²) in [5, 5.41) is 0. The Morgan fingerprint density at radius 1 is 1.21 bits per heavy atom. The summed E-state index contributed by atoms with van der Waals surface area (Å²) in [6.07, 6.45) is 5.76. The number of carbonyl (C=O) groups excluding carboxylic acids is 1. The molecular formula is C18H24N3OS2+. The van der Waals surface area contributed by atoms with E-state index in [2.05, 4.69) is 17.0 Å². The molecule has 4 nitrogen and oxygen atoms in total. The zero-order valence-corrected chi connectivity index (χ0v) is 15.9. The lowest BCUT2D eigenvalue weighted by molar-refractivity contribution is -0.911. The van der Waals surface area contributed by atoms with Gasteiger partial charge in [-0.15, -0.1) is 0 Å². The summed E-state index contributed by atoms with van der Waals surface area (Å²) in [6, 6.07) is 8.20. The van der Waals surface area contributed by atoms with Crippen LogP contribution in [0.15, 0.2) is 29.2 Å². The van der Waals surface area contributed by atoms with Crippen molar-refractivity contribution in [1.29, 1.82) is 0 Å². The normalized spacial score (nSPS) is 20.9. The molecule has 6 heteroatoms. The number of thioether (sulfide) groups is 1. The quantitative estimate of drug-likeness (QED) is 0.655. The summed E-state index contributed by atoms with van der Waals surface area (Å²) in [5.74, 6) is 0.0553. The maximum atomic E-state index is 12.7. The molecule has 1 aromatic rings. The van der Waals surface area contributed by atoms with Crippen LogP contribution in [0.4, 0.5) is 5.69 Å². The van der Waals surface area contributed by atoms with Crippen molar-refractivity contribution in [3.05, 3.63) is 34.7 Å². The van der Waals surface area contributed by atoms with Crippen molar-refractivity contribution in [2.24, 2.45) is 0 Å². The van der Waals surface area contributed by atoms with Crippen LogP contribution in [0.2, 0.25) is 0 Å². The Bertz CT molecular complexity index is 649. The first kappa shape index (κ1) is 17.5. The van der Waals surface area contributed by atoms with Crippen LogP contribution in [-0.4, -0.2) is 49.0 Å². The Morgan fingerprint density at radius 2 is 1.88 bits per heavy atom. The highest BCUT2D eigenvalue weighted by Crippen LogP contribution is 2.32. The fraction of sp³-hybridized carbons (Fsp3) is 0.444. The van der Waals surface area contributed by atoms with E-state index in [1.807, 2.05) is 32.3 Å². The highest BCUT2D eigenvalue weighted by molar-refractivity contribution is 8.26. The van der Waals surface area contributed by atoms with Gasteiger partial charge in [0.15, 0.2) is 11.0 Å². The molecule has 0 atom stereocenters. The van der Waals surface area contributed by atoms with Gasteiger partial charge >= 0.3 is 0 Å². The van der Waals surface area contributed by atoms with Crippen molar-refractivity contribution in [3.8, 4) is 0 Å². The number of piperidine rings is 1. The Labute approximate surface area is 153 Å². The van der Waals surface area contributed by atoms with Crippen molar-refractivity contribution in [3.63, 3.8) is 0 Å². The standard InChI is InChI=1S/C18H23N3OS2/c1-19(2)15-8-6-14(7-9-15)12-16-17(22)21(18(23)24-16)13-20-10-4-3-5-11-20/h6-9,12H,3-5,10-11,13H2,1-2H3/p+1/b16-12-. The molecular weight excluding hydrogens is 338 g/mol. The van der Waals surface area contributed by atoms with E-state index in [0.29, 0.717) is 11.0 Å². The van der Waals surface area contributed by atoms with E-state index in [1.165, 1.54) is 35.9 Å². The first-order valence-electron chi connectivity index (χ1n) is 8.41. The maximum absolute atomic E-state index is 12.7. The second kappa shape index (κ2) is 7.68. The number of nitrogens with one attached hydrogen (secondary N) is 1. The van der Waals surface area contributed by atoms with Crippen molar-refractivity contribution in [1.82, 2.24) is 4.90 Å². The number of quaternary nitrogens is 1. The topological polar surface area (TPSA) is 28.0 Å². The Kier molecular flexibility index (Phi) is 5.58. The maximum Gasteiger partial charge on any atom is 0.270 e. The van der Waals surface area contributed by atoms with Crippen LogP contribution in [0.25, 0.3) is 6.08 Å². The zero-order chi connectivity index (χ0) is 17.1. The number of hydrogen-bond donors (Lipinski definition) is 1. The van der Waals surface area contributed by atoms with Crippen LogP contribution in [0.5, 0.6) is 0 Å². The van der Waals surface area contributed by atoms with Gasteiger partial charge in [-0.05, 0) is 43.0 Å². The molecule has 24 heavy (non-hydrogen) atoms. The summed E-state index contributed by atoms with van der Waals surface area (Å²) in [7, 11) is 4.03. The Morgan fingerprint density at radius 3 is 2.50 bits per heavy atom. The molecule has 0 saturated carbocycles. The molecule has 0 bridgehead atoms. The van der Waals surface area contributed by atoms with Gasteiger partial charge < -0.3 is 9.80 Å². The van der Waals surface area contributed by atoms with Crippen LogP contribution in [0.3, 0.4) is 0 Å². The molecule has 0 aliphatic carbocycles. The average Bonchev–Trinajstić information content (AvgIpc) is 2.84. The number of anilines is 1. The number of nitrogens with zero attached hydrogens (tertiary/aromatic N) is 2. The molecule has 2 heterocycles. The third-order valence-corrected chi connectivity index (χ3v) is 5.90. The number of thiocarbonyl (C=S) groups is 1. The number of rotatable bonds is 4. The van der Waals surface area contributed by atoms with Gasteiger partial charge in [0, 0.05) is 19.8 Å². The van der Waals surface area contributed by atoms with Gasteiger partial charge in [-0.1, -0.05) is 36.1 Å². The predicted molar refractivity (Wildman–Crippen MR) is 105 cm³/mol. The largest absolute Gasteiger partial charge is 0.378 e. The molecule has 0 unspecified atom stereocenters. The minimum atomic E-state index is 0.0553. The third kappa shape index (κ3) is 3.99. The molecule has 128 valence electrons. The lowest BCUT2D eigenvalue weighted by atomic mass is 10.1. The molecule has 2 aliphatic heterocycles. The van der Waals surface area contributed by atoms with Gasteiger partial charge in [-0.2, -0.15) is 0 Å². The van der Waals surface area contributed by atoms with Gasteiger partial charge in [0.25, 0.3) is 5.91 Å². The molecule has 3 rings (SSSR count). The third-order valence-electron chi connectivity index (χ3n) is 4.52. The van der Waals surface area contributed by atoms with E-state index < -0.39 is 0 Å². The summed E-state index contributed by atoms with van der Waals surface area (Å²) in [4.78, 5) is 18.7. The van der Waals surface area contributed by atoms with E-state index in [0.717, 1.165) is 29.2 Å². The second-order valence-corrected chi connectivity index (χ2v) is 8.24. The number of carbonyl (C=O) groups is 1. The van der Waals surface area contributed by atoms with E-state index in [-0.39, 0.29) is 5.91 Å². The van der Waals surface area contributed by atoms with E-state index in [1.54, 1.807) is 4.90 Å². The van der Waals surface area contributed by atoms with Gasteiger partial charge in [-0.25, -0.2) is 4.90 Å². The van der Waals surface area contributed by atoms with Gasteiger partial charge in [0.2, 0.25) is 0 Å². The van der Waals surface area contributed by atoms with E-state index >= 15 is 0 Å². The zero-order valence-electron chi connectivity index (χ0n) is 14.2. The summed E-state index contributed by atoms with van der Waals surface area (Å²) in [6.45, 7) is 2.99. The molecule has 1 aromatic carbocycles. The van der Waals surface area contributed by atoms with Crippen LogP contribution in [-0.2, 0) is 4.79 Å². The molecule has 0 radical (unpaired) electrons. The lowest BCUT2D eigenvalue weighted by Gasteiger charge is -2.27. The SMILES string of the molecule is CN(C)c1ccc(/C=C2\SC(=S)N(C[NH+]3CCCCC3)C2=O)cc1. The average molecular weight is 363 g/mol. The van der Waals surface area contributed by atoms with E-state index in [9.17, 15) is 4.79 Å². The monoisotopic (exact) mass is 362 g/mol. The summed E-state index contributed by atoms with van der Waals surface area (Å²) in [5.41, 5.74) is 2.18. The molecule has 2 aliphatic rings. The van der Waals surface area contributed by atoms with Crippen LogP contribution < -0.4 is 9.80 Å². The van der Waals surface area contributed by atoms with Gasteiger partial charge in [-0.3, -0.25) is 4.79 Å². The van der Waals surface area contributed by atoms with Gasteiger partial charge in [0.1, 0.15) is 0 Å². The second-order valence-electron chi connectivity index (χ2n) is 6.56. The number of amides is 1. The van der Waals surface area contributed by atoms with Crippen molar-refractivity contribution in [2.75, 3.05) is 38.8 Å². The first-order valence-corrected chi connectivity index (χ1v) is 9.63. The Hall–Kier alpha value is -1.37. The number of benzene rings is 1. The Balaban J connectivity index is 1.70. The number of hydrogen-bond acceptors (Lipinski definition) is 4. The molecule has 2 fully saturated rings. The lowest BCUT2D eigenvalue weighted by Crippen LogP contribution is -3.14. The van der Waals surface area contributed by atoms with Crippen LogP contribution >= 0.6 is 24.0 Å². The van der Waals surface area contributed by atoms with Crippen molar-refractivity contribution in [2.45, 2.75) is 19.3 Å². The summed E-state index contributed by atoms with van der Waals surface area (Å²) >= 11 is 6.86. The fourth-order valence-corrected chi connectivity index (χ4v) is 4.34. The molecule has 0 aromatic heterocycles. The predicted octanol–water partition coefficient (Wildman–Crippen LogP) is 1.98. The highest BCUT2D eigenvalue weighted by Gasteiger charge is 2.34. The van der Waals surface area contributed by atoms with Gasteiger partial charge in [0.05, 0.1) is 18.0 Å². The summed E-state index contributed by atoms with van der Waals surface area (Å²) < 4.78 is 0.689. The smallest absolute Gasteiger partial charge is 0.270 e. The highest BCUT2D eigenvalue weighted by atomic mass is 32.2. The van der Waals surface area contributed by atoms with Crippen molar-refractivity contribution < 1.29 is 9.69 Å². The molecule has 0 spiro atoms.